The smallest absolute Gasteiger partial charge is 0.249 e. The minimum absolute atomic E-state index is 0. The van der Waals surface area contributed by atoms with E-state index in [4.69, 9.17) is 15.5 Å². The van der Waals surface area contributed by atoms with Crippen LogP contribution in [-0.2, 0) is 4.74 Å². The third-order valence-electron chi connectivity index (χ3n) is 4.75. The Labute approximate surface area is 158 Å². The van der Waals surface area contributed by atoms with Crippen molar-refractivity contribution in [1.29, 1.82) is 0 Å². The summed E-state index contributed by atoms with van der Waals surface area (Å²) in [6.07, 6.45) is 1.000. The summed E-state index contributed by atoms with van der Waals surface area (Å²) in [7, 11) is 0. The number of hydrogen-bond donors (Lipinski definition) is 2. The summed E-state index contributed by atoms with van der Waals surface area (Å²) in [6.45, 7) is 4.06. The summed E-state index contributed by atoms with van der Waals surface area (Å²) >= 11 is 0. The normalized spacial score (nSPS) is 22.5. The third kappa shape index (κ3) is 3.67. The number of aromatic nitrogens is 1. The monoisotopic (exact) mass is 384 g/mol. The number of halogens is 2. The molecule has 2 aromatic rings. The molecule has 0 saturated carbocycles. The van der Waals surface area contributed by atoms with Gasteiger partial charge >= 0.3 is 0 Å². The van der Waals surface area contributed by atoms with Gasteiger partial charge in [0.15, 0.2) is 0 Å². The van der Waals surface area contributed by atoms with E-state index < -0.39 is 5.91 Å². The lowest BCUT2D eigenvalue weighted by molar-refractivity contribution is -0.0405. The molecule has 6 nitrogen and oxygen atoms in total. The van der Waals surface area contributed by atoms with Crippen LogP contribution >= 0.6 is 24.8 Å². The summed E-state index contributed by atoms with van der Waals surface area (Å²) in [4.78, 5) is 18.8. The number of nitrogens with one attached hydrogen (secondary N) is 1. The molecular weight excluding hydrogens is 363 g/mol. The highest BCUT2D eigenvalue weighted by Crippen LogP contribution is 2.29. The molecule has 25 heavy (non-hydrogen) atoms. The van der Waals surface area contributed by atoms with Crippen LogP contribution in [0.3, 0.4) is 0 Å². The summed E-state index contributed by atoms with van der Waals surface area (Å²) in [5.41, 5.74) is 6.75. The van der Waals surface area contributed by atoms with Gasteiger partial charge in [-0.1, -0.05) is 18.2 Å². The van der Waals surface area contributed by atoms with Gasteiger partial charge < -0.3 is 20.7 Å². The van der Waals surface area contributed by atoms with Crippen molar-refractivity contribution < 1.29 is 9.53 Å². The molecule has 2 aliphatic rings. The topological polar surface area (TPSA) is 80.5 Å². The SMILES string of the molecule is Cl.Cl.NC(=O)c1cc(N2CCOC3(CCNC3)C2)nc2ccccc12. The number of nitrogens with zero attached hydrogens (tertiary/aromatic N) is 2. The lowest BCUT2D eigenvalue weighted by Crippen LogP contribution is -2.53. The molecule has 1 atom stereocenters. The number of amides is 1. The molecule has 0 radical (unpaired) electrons. The van der Waals surface area contributed by atoms with E-state index in [2.05, 4.69) is 10.2 Å². The van der Waals surface area contributed by atoms with Crippen molar-refractivity contribution >= 4 is 47.4 Å². The van der Waals surface area contributed by atoms with E-state index in [1.807, 2.05) is 30.3 Å². The van der Waals surface area contributed by atoms with E-state index in [1.54, 1.807) is 0 Å². The molecule has 2 aliphatic heterocycles. The van der Waals surface area contributed by atoms with Crippen molar-refractivity contribution in [2.24, 2.45) is 5.73 Å². The predicted molar refractivity (Wildman–Crippen MR) is 103 cm³/mol. The maximum atomic E-state index is 11.8. The average molecular weight is 385 g/mol. The Morgan fingerprint density at radius 3 is 2.84 bits per heavy atom. The number of hydrogen-bond acceptors (Lipinski definition) is 5. The minimum Gasteiger partial charge on any atom is -0.370 e. The molecule has 1 spiro atoms. The zero-order valence-corrected chi connectivity index (χ0v) is 15.4. The van der Waals surface area contributed by atoms with E-state index in [0.29, 0.717) is 12.2 Å². The Hall–Kier alpha value is -1.60. The molecule has 8 heteroatoms. The Morgan fingerprint density at radius 1 is 1.32 bits per heavy atom. The Morgan fingerprint density at radius 2 is 2.12 bits per heavy atom. The van der Waals surface area contributed by atoms with Crippen LogP contribution in [0.25, 0.3) is 10.9 Å². The van der Waals surface area contributed by atoms with Gasteiger partial charge in [0.1, 0.15) is 5.82 Å². The van der Waals surface area contributed by atoms with E-state index in [1.165, 1.54) is 0 Å². The van der Waals surface area contributed by atoms with Gasteiger partial charge in [0.2, 0.25) is 5.91 Å². The molecule has 3 N–H and O–H groups in total. The minimum atomic E-state index is -0.421. The van der Waals surface area contributed by atoms with Crippen LogP contribution in [0.15, 0.2) is 30.3 Å². The number of anilines is 1. The quantitative estimate of drug-likeness (QED) is 0.824. The number of fused-ring (bicyclic) bond motifs is 1. The number of benzene rings is 1. The second-order valence-corrected chi connectivity index (χ2v) is 6.29. The standard InChI is InChI=1S/C17H20N4O2.2ClH/c18-16(22)13-9-15(20-14-4-2-1-3-12(13)14)21-7-8-23-17(11-21)5-6-19-10-17;;/h1-4,9,19H,5-8,10-11H2,(H2,18,22);2*1H. The van der Waals surface area contributed by atoms with Gasteiger partial charge in [-0.3, -0.25) is 4.79 Å². The van der Waals surface area contributed by atoms with E-state index >= 15 is 0 Å². The summed E-state index contributed by atoms with van der Waals surface area (Å²) in [6, 6.07) is 9.42. The first-order valence-corrected chi connectivity index (χ1v) is 7.96. The second kappa shape index (κ2) is 7.74. The van der Waals surface area contributed by atoms with Crippen LogP contribution in [0.5, 0.6) is 0 Å². The van der Waals surface area contributed by atoms with Crippen molar-refractivity contribution in [3.8, 4) is 0 Å². The highest BCUT2D eigenvalue weighted by atomic mass is 35.5. The number of rotatable bonds is 2. The first kappa shape index (κ1) is 19.7. The average Bonchev–Trinajstić information content (AvgIpc) is 3.01. The molecule has 2 saturated heterocycles. The third-order valence-corrected chi connectivity index (χ3v) is 4.75. The molecule has 1 unspecified atom stereocenters. The van der Waals surface area contributed by atoms with Crippen molar-refractivity contribution in [2.45, 2.75) is 12.0 Å². The molecule has 136 valence electrons. The van der Waals surface area contributed by atoms with Crippen LogP contribution in [0.4, 0.5) is 5.82 Å². The van der Waals surface area contributed by atoms with Crippen LogP contribution in [0.2, 0.25) is 0 Å². The molecule has 1 aromatic carbocycles. The summed E-state index contributed by atoms with van der Waals surface area (Å²) in [5.74, 6) is 0.377. The van der Waals surface area contributed by atoms with E-state index in [0.717, 1.165) is 49.3 Å². The molecule has 1 amide bonds. The van der Waals surface area contributed by atoms with Gasteiger partial charge in [0.05, 0.1) is 23.3 Å². The zero-order valence-electron chi connectivity index (χ0n) is 13.7. The largest absolute Gasteiger partial charge is 0.370 e. The van der Waals surface area contributed by atoms with Crippen LogP contribution in [0.1, 0.15) is 16.8 Å². The second-order valence-electron chi connectivity index (χ2n) is 6.29. The fourth-order valence-electron chi connectivity index (χ4n) is 3.55. The summed E-state index contributed by atoms with van der Waals surface area (Å²) in [5, 5.41) is 4.17. The molecule has 4 rings (SSSR count). The zero-order chi connectivity index (χ0) is 15.9. The maximum Gasteiger partial charge on any atom is 0.249 e. The van der Waals surface area contributed by atoms with Gasteiger partial charge in [0.25, 0.3) is 0 Å². The van der Waals surface area contributed by atoms with Gasteiger partial charge in [-0.25, -0.2) is 4.98 Å². The van der Waals surface area contributed by atoms with Gasteiger partial charge in [-0.2, -0.15) is 0 Å². The van der Waals surface area contributed by atoms with Crippen LogP contribution in [-0.4, -0.2) is 49.3 Å². The molecule has 0 aliphatic carbocycles. The fourth-order valence-corrected chi connectivity index (χ4v) is 3.55. The van der Waals surface area contributed by atoms with Crippen LogP contribution in [0, 0.1) is 0 Å². The first-order valence-electron chi connectivity index (χ1n) is 7.96. The molecule has 2 fully saturated rings. The van der Waals surface area contributed by atoms with Crippen molar-refractivity contribution in [3.63, 3.8) is 0 Å². The molecular formula is C17H22Cl2N4O2. The Bertz CT molecular complexity index is 765. The summed E-state index contributed by atoms with van der Waals surface area (Å²) < 4.78 is 6.02. The lowest BCUT2D eigenvalue weighted by Gasteiger charge is -2.40. The van der Waals surface area contributed by atoms with Crippen molar-refractivity contribution in [2.75, 3.05) is 37.7 Å². The van der Waals surface area contributed by atoms with Crippen LogP contribution < -0.4 is 16.0 Å². The van der Waals surface area contributed by atoms with Crippen molar-refractivity contribution in [3.05, 3.63) is 35.9 Å². The lowest BCUT2D eigenvalue weighted by atomic mass is 10.0. The molecule has 1 aromatic heterocycles. The highest BCUT2D eigenvalue weighted by molar-refractivity contribution is 6.06. The van der Waals surface area contributed by atoms with Crippen molar-refractivity contribution in [1.82, 2.24) is 10.3 Å². The molecule has 0 bridgehead atoms. The number of carbonyl (C=O) groups is 1. The number of morpholine rings is 1. The van der Waals surface area contributed by atoms with Gasteiger partial charge in [-0.15, -0.1) is 24.8 Å². The molecule has 3 heterocycles. The Balaban J connectivity index is 0.00000113. The van der Waals surface area contributed by atoms with Gasteiger partial charge in [-0.05, 0) is 25.1 Å². The number of ether oxygens (including phenoxy) is 1. The van der Waals surface area contributed by atoms with E-state index in [-0.39, 0.29) is 30.4 Å². The predicted octanol–water partition coefficient (Wildman–Crippen LogP) is 1.75. The Kier molecular flexibility index (Phi) is 6.11. The van der Waals surface area contributed by atoms with E-state index in [9.17, 15) is 4.79 Å². The number of nitrogens with two attached hydrogens (primary N) is 1. The number of carbonyl (C=O) groups excluding carboxylic acids is 1. The fraction of sp³-hybridized carbons (Fsp3) is 0.412. The number of primary amides is 1. The first-order chi connectivity index (χ1) is 11.2. The maximum absolute atomic E-state index is 11.8. The number of pyridine rings is 1. The highest BCUT2D eigenvalue weighted by Gasteiger charge is 2.39. The van der Waals surface area contributed by atoms with Gasteiger partial charge in [0, 0.05) is 25.0 Å². The number of para-hydroxylation sites is 1.